The Bertz CT molecular complexity index is 425. The molecule has 1 atom stereocenters. The highest BCUT2D eigenvalue weighted by molar-refractivity contribution is 7.99. The highest BCUT2D eigenvalue weighted by Crippen LogP contribution is 2.29. The van der Waals surface area contributed by atoms with Gasteiger partial charge in [-0.25, -0.2) is 0 Å². The molecule has 20 heavy (non-hydrogen) atoms. The van der Waals surface area contributed by atoms with Gasteiger partial charge in [-0.15, -0.1) is 18.3 Å². The van der Waals surface area contributed by atoms with E-state index in [1.54, 1.807) is 0 Å². The Morgan fingerprint density at radius 1 is 1.40 bits per heavy atom. The maximum Gasteiger partial charge on any atom is 0.0480 e. The van der Waals surface area contributed by atoms with E-state index in [9.17, 15) is 0 Å². The number of hydrogen-bond acceptors (Lipinski definition) is 3. The Balaban J connectivity index is 1.96. The Hall–Kier alpha value is -0.930. The molecule has 1 aromatic rings. The van der Waals surface area contributed by atoms with Crippen LogP contribution in [0.4, 0.5) is 5.69 Å². The van der Waals surface area contributed by atoms with E-state index in [1.165, 1.54) is 36.5 Å². The monoisotopic (exact) mass is 290 g/mol. The molecule has 3 heteroatoms. The van der Waals surface area contributed by atoms with Crippen LogP contribution >= 0.6 is 11.8 Å². The number of thioether (sulfide) groups is 1. The van der Waals surface area contributed by atoms with Crippen LogP contribution in [0.25, 0.3) is 0 Å². The van der Waals surface area contributed by atoms with Crippen molar-refractivity contribution in [3.8, 4) is 0 Å². The second-order valence-electron chi connectivity index (χ2n) is 5.67. The molecule has 0 radical (unpaired) electrons. The zero-order chi connectivity index (χ0) is 14.4. The molecule has 1 saturated heterocycles. The average molecular weight is 290 g/mol. The largest absolute Gasteiger partial charge is 0.381 e. The van der Waals surface area contributed by atoms with E-state index in [0.717, 1.165) is 11.7 Å². The lowest BCUT2D eigenvalue weighted by atomic mass is 9.90. The minimum atomic E-state index is 0.536. The fourth-order valence-corrected chi connectivity index (χ4v) is 3.51. The van der Waals surface area contributed by atoms with Gasteiger partial charge in [0.05, 0.1) is 0 Å². The lowest BCUT2D eigenvalue weighted by molar-refractivity contribution is 0.208. The molecule has 1 N–H and O–H groups in total. The van der Waals surface area contributed by atoms with Crippen LogP contribution in [0, 0.1) is 5.92 Å². The zero-order valence-electron chi connectivity index (χ0n) is 12.6. The summed E-state index contributed by atoms with van der Waals surface area (Å²) in [6.45, 7) is 8.58. The number of nitrogens with one attached hydrogen (secondary N) is 1. The Labute approximate surface area is 127 Å². The molecule has 0 aliphatic carbocycles. The van der Waals surface area contributed by atoms with Crippen LogP contribution in [0.1, 0.15) is 19.8 Å². The zero-order valence-corrected chi connectivity index (χ0v) is 13.5. The van der Waals surface area contributed by atoms with Crippen molar-refractivity contribution in [3.05, 3.63) is 36.9 Å². The van der Waals surface area contributed by atoms with Gasteiger partial charge >= 0.3 is 0 Å². The van der Waals surface area contributed by atoms with E-state index in [-0.39, 0.29) is 0 Å². The van der Waals surface area contributed by atoms with Gasteiger partial charge in [-0.05, 0) is 58.0 Å². The molecule has 1 fully saturated rings. The molecule has 1 aliphatic heterocycles. The molecule has 110 valence electrons. The standard InChI is InChI=1S/C17H26N2S/c1-4-13-20-17-8-6-5-7-16(17)18-14(2)15-9-11-19(3)12-10-15/h4-8,14-15,18H,1,9-13H2,2-3H3. The summed E-state index contributed by atoms with van der Waals surface area (Å²) in [6, 6.07) is 9.14. The number of likely N-dealkylation sites (tertiary alicyclic amines) is 1. The quantitative estimate of drug-likeness (QED) is 0.627. The van der Waals surface area contributed by atoms with Crippen molar-refractivity contribution in [2.45, 2.75) is 30.7 Å². The molecule has 2 nitrogen and oxygen atoms in total. The van der Waals surface area contributed by atoms with Crippen LogP contribution in [-0.4, -0.2) is 36.8 Å². The second-order valence-corrected chi connectivity index (χ2v) is 6.73. The third-order valence-corrected chi connectivity index (χ3v) is 5.17. The average Bonchev–Trinajstić information content (AvgIpc) is 2.47. The second kappa shape index (κ2) is 7.75. The lowest BCUT2D eigenvalue weighted by Gasteiger charge is -2.33. The predicted octanol–water partition coefficient (Wildman–Crippen LogP) is 4.11. The maximum absolute atomic E-state index is 3.80. The molecule has 0 amide bonds. The van der Waals surface area contributed by atoms with Gasteiger partial charge in [-0.2, -0.15) is 0 Å². The van der Waals surface area contributed by atoms with E-state index < -0.39 is 0 Å². The van der Waals surface area contributed by atoms with Gasteiger partial charge in [0.15, 0.2) is 0 Å². The molecule has 0 bridgehead atoms. The van der Waals surface area contributed by atoms with Crippen molar-refractivity contribution < 1.29 is 0 Å². The first-order chi connectivity index (χ1) is 9.70. The molecule has 1 heterocycles. The van der Waals surface area contributed by atoms with E-state index >= 15 is 0 Å². The van der Waals surface area contributed by atoms with E-state index in [0.29, 0.717) is 6.04 Å². The minimum Gasteiger partial charge on any atom is -0.381 e. The number of para-hydroxylation sites is 1. The predicted molar refractivity (Wildman–Crippen MR) is 90.7 cm³/mol. The minimum absolute atomic E-state index is 0.536. The molecular formula is C17H26N2S. The van der Waals surface area contributed by atoms with Crippen LogP contribution in [-0.2, 0) is 0 Å². The molecule has 0 spiro atoms. The number of hydrogen-bond donors (Lipinski definition) is 1. The van der Waals surface area contributed by atoms with Crippen molar-refractivity contribution in [1.82, 2.24) is 4.90 Å². The van der Waals surface area contributed by atoms with E-state index in [4.69, 9.17) is 0 Å². The van der Waals surface area contributed by atoms with Gasteiger partial charge in [0.2, 0.25) is 0 Å². The van der Waals surface area contributed by atoms with Gasteiger partial charge in [-0.1, -0.05) is 18.2 Å². The van der Waals surface area contributed by atoms with Crippen LogP contribution in [0.15, 0.2) is 41.8 Å². The summed E-state index contributed by atoms with van der Waals surface area (Å²) in [5, 5.41) is 3.73. The summed E-state index contributed by atoms with van der Waals surface area (Å²) in [6.07, 6.45) is 4.56. The van der Waals surface area contributed by atoms with E-state index in [2.05, 4.69) is 55.0 Å². The highest BCUT2D eigenvalue weighted by Gasteiger charge is 2.22. The normalized spacial score (nSPS) is 18.7. The first-order valence-electron chi connectivity index (χ1n) is 7.48. The van der Waals surface area contributed by atoms with Crippen LogP contribution in [0.2, 0.25) is 0 Å². The Kier molecular flexibility index (Phi) is 5.99. The summed E-state index contributed by atoms with van der Waals surface area (Å²) in [5.41, 5.74) is 1.27. The van der Waals surface area contributed by atoms with Crippen LogP contribution < -0.4 is 5.32 Å². The fraction of sp³-hybridized carbons (Fsp3) is 0.529. The highest BCUT2D eigenvalue weighted by atomic mass is 32.2. The number of anilines is 1. The molecule has 0 aromatic heterocycles. The SMILES string of the molecule is C=CCSc1ccccc1NC(C)C1CCN(C)CC1. The lowest BCUT2D eigenvalue weighted by Crippen LogP contribution is -2.37. The van der Waals surface area contributed by atoms with Gasteiger partial charge in [0.25, 0.3) is 0 Å². The summed E-state index contributed by atoms with van der Waals surface area (Å²) in [5.74, 6) is 1.74. The van der Waals surface area contributed by atoms with Crippen molar-refractivity contribution in [3.63, 3.8) is 0 Å². The summed E-state index contributed by atoms with van der Waals surface area (Å²) < 4.78 is 0. The number of benzene rings is 1. The first kappa shape index (κ1) is 15.5. The van der Waals surface area contributed by atoms with Gasteiger partial charge in [-0.3, -0.25) is 0 Å². The van der Waals surface area contributed by atoms with Gasteiger partial charge in [0, 0.05) is 22.4 Å². The number of rotatable bonds is 6. The van der Waals surface area contributed by atoms with Crippen molar-refractivity contribution in [1.29, 1.82) is 0 Å². The Morgan fingerprint density at radius 2 is 2.10 bits per heavy atom. The topological polar surface area (TPSA) is 15.3 Å². The van der Waals surface area contributed by atoms with Crippen molar-refractivity contribution in [2.24, 2.45) is 5.92 Å². The number of piperidine rings is 1. The third-order valence-electron chi connectivity index (χ3n) is 4.10. The third kappa shape index (κ3) is 4.29. The van der Waals surface area contributed by atoms with Crippen molar-refractivity contribution >= 4 is 17.4 Å². The fourth-order valence-electron chi connectivity index (χ4n) is 2.75. The summed E-state index contributed by atoms with van der Waals surface area (Å²) >= 11 is 1.85. The molecule has 1 unspecified atom stereocenters. The van der Waals surface area contributed by atoms with Crippen molar-refractivity contribution in [2.75, 3.05) is 31.2 Å². The van der Waals surface area contributed by atoms with Crippen LogP contribution in [0.3, 0.4) is 0 Å². The molecule has 0 saturated carbocycles. The molecular weight excluding hydrogens is 264 g/mol. The summed E-state index contributed by atoms with van der Waals surface area (Å²) in [4.78, 5) is 3.75. The maximum atomic E-state index is 3.80. The first-order valence-corrected chi connectivity index (χ1v) is 8.47. The van der Waals surface area contributed by atoms with Crippen LogP contribution in [0.5, 0.6) is 0 Å². The van der Waals surface area contributed by atoms with Gasteiger partial charge in [0.1, 0.15) is 0 Å². The summed E-state index contributed by atoms with van der Waals surface area (Å²) in [7, 11) is 2.22. The molecule has 1 aliphatic rings. The Morgan fingerprint density at radius 3 is 2.80 bits per heavy atom. The molecule has 1 aromatic carbocycles. The van der Waals surface area contributed by atoms with E-state index in [1.807, 2.05) is 17.8 Å². The number of nitrogens with zero attached hydrogens (tertiary/aromatic N) is 1. The smallest absolute Gasteiger partial charge is 0.0480 e. The molecule has 2 rings (SSSR count). The van der Waals surface area contributed by atoms with Gasteiger partial charge < -0.3 is 10.2 Å².